The van der Waals surface area contributed by atoms with Crippen LogP contribution < -0.4 is 11.5 Å². The Bertz CT molecular complexity index is 1140. The van der Waals surface area contributed by atoms with Crippen molar-refractivity contribution in [3.63, 3.8) is 0 Å². The molecule has 0 fully saturated rings. The Morgan fingerprint density at radius 1 is 0.964 bits per heavy atom. The van der Waals surface area contributed by atoms with Gasteiger partial charge in [-0.3, -0.25) is 14.2 Å². The number of nitrogen functional groups attached to an aromatic ring is 2. The van der Waals surface area contributed by atoms with Crippen LogP contribution in [0.25, 0.3) is 5.69 Å². The number of nitrogens with two attached hydrogens (primary N) is 2. The van der Waals surface area contributed by atoms with Crippen LogP contribution in [0.3, 0.4) is 0 Å². The van der Waals surface area contributed by atoms with Gasteiger partial charge in [0.15, 0.2) is 5.78 Å². The van der Waals surface area contributed by atoms with Crippen molar-refractivity contribution < 1.29 is 19.1 Å². The number of carbonyl (C=O) groups excluding carboxylic acids is 3. The van der Waals surface area contributed by atoms with Gasteiger partial charge in [0.1, 0.15) is 17.1 Å². The zero-order valence-corrected chi connectivity index (χ0v) is 15.1. The molecule has 0 bridgehead atoms. The number of esters is 1. The lowest BCUT2D eigenvalue weighted by atomic mass is 9.86. The Kier molecular flexibility index (Phi) is 4.00. The number of ketones is 2. The molecule has 0 spiro atoms. The molecule has 1 heterocycles. The Balaban J connectivity index is 2.07. The molecule has 140 valence electrons. The largest absolute Gasteiger partial charge is 0.462 e. The van der Waals surface area contributed by atoms with Crippen molar-refractivity contribution in [2.75, 3.05) is 18.1 Å². The minimum Gasteiger partial charge on any atom is -0.462 e. The van der Waals surface area contributed by atoms with Gasteiger partial charge in [-0.15, -0.1) is 0 Å². The second kappa shape index (κ2) is 6.38. The van der Waals surface area contributed by atoms with E-state index in [9.17, 15) is 14.4 Å². The number of nitrogens with zero attached hydrogens (tertiary/aromatic N) is 1. The number of rotatable bonds is 3. The Hall–Kier alpha value is -3.87. The highest BCUT2D eigenvalue weighted by Gasteiger charge is 2.40. The maximum absolute atomic E-state index is 13.3. The molecule has 0 atom stereocenters. The first-order valence-electron chi connectivity index (χ1n) is 8.71. The van der Waals surface area contributed by atoms with E-state index in [4.69, 9.17) is 16.2 Å². The Labute approximate surface area is 160 Å². The minimum atomic E-state index is -0.744. The predicted molar refractivity (Wildman–Crippen MR) is 104 cm³/mol. The summed E-state index contributed by atoms with van der Waals surface area (Å²) in [6.07, 6.45) is 0. The molecule has 7 nitrogen and oxygen atoms in total. The van der Waals surface area contributed by atoms with E-state index in [1.807, 2.05) is 0 Å². The lowest BCUT2D eigenvalue weighted by Crippen LogP contribution is -2.23. The number of ether oxygens (including phenoxy) is 1. The van der Waals surface area contributed by atoms with Crippen molar-refractivity contribution >= 4 is 29.0 Å². The summed E-state index contributed by atoms with van der Waals surface area (Å²) in [4.78, 5) is 39.0. The van der Waals surface area contributed by atoms with Gasteiger partial charge in [-0.05, 0) is 31.2 Å². The molecule has 4 rings (SSSR count). The Morgan fingerprint density at radius 2 is 1.57 bits per heavy atom. The first-order chi connectivity index (χ1) is 13.5. The van der Waals surface area contributed by atoms with Crippen molar-refractivity contribution in [2.24, 2.45) is 0 Å². The van der Waals surface area contributed by atoms with Crippen LogP contribution in [0.5, 0.6) is 0 Å². The fourth-order valence-electron chi connectivity index (χ4n) is 3.47. The second-order valence-electron chi connectivity index (χ2n) is 6.34. The molecule has 0 amide bonds. The molecule has 0 radical (unpaired) electrons. The maximum Gasteiger partial charge on any atom is 0.342 e. The van der Waals surface area contributed by atoms with Gasteiger partial charge < -0.3 is 16.2 Å². The topological polar surface area (TPSA) is 117 Å². The Morgan fingerprint density at radius 3 is 2.18 bits per heavy atom. The fourth-order valence-corrected chi connectivity index (χ4v) is 3.47. The highest BCUT2D eigenvalue weighted by Crippen LogP contribution is 2.37. The van der Waals surface area contributed by atoms with Crippen LogP contribution in [0, 0.1) is 0 Å². The first kappa shape index (κ1) is 17.5. The molecule has 0 unspecified atom stereocenters. The van der Waals surface area contributed by atoms with Gasteiger partial charge >= 0.3 is 5.97 Å². The van der Waals surface area contributed by atoms with Crippen molar-refractivity contribution in [3.05, 3.63) is 76.5 Å². The normalized spacial score (nSPS) is 12.5. The first-order valence-corrected chi connectivity index (χ1v) is 8.71. The van der Waals surface area contributed by atoms with E-state index in [1.54, 1.807) is 55.5 Å². The summed E-state index contributed by atoms with van der Waals surface area (Å²) in [5.74, 6) is -1.59. The molecule has 0 aliphatic heterocycles. The lowest BCUT2D eigenvalue weighted by Gasteiger charge is -2.17. The van der Waals surface area contributed by atoms with Gasteiger partial charge in [-0.1, -0.05) is 24.3 Å². The zero-order chi connectivity index (χ0) is 20.0. The summed E-state index contributed by atoms with van der Waals surface area (Å²) in [6, 6.07) is 13.1. The van der Waals surface area contributed by atoms with Crippen LogP contribution in [0.4, 0.5) is 11.5 Å². The van der Waals surface area contributed by atoms with E-state index in [0.29, 0.717) is 11.4 Å². The van der Waals surface area contributed by atoms with E-state index in [-0.39, 0.29) is 46.2 Å². The van der Waals surface area contributed by atoms with Gasteiger partial charge in [0.25, 0.3) is 0 Å². The average Bonchev–Trinajstić information content (AvgIpc) is 3.00. The quantitative estimate of drug-likeness (QED) is 0.420. The zero-order valence-electron chi connectivity index (χ0n) is 15.1. The van der Waals surface area contributed by atoms with Crippen LogP contribution in [0.2, 0.25) is 0 Å². The SMILES string of the molecule is CCOC(=O)c1c2c(n(-c3ccc(N)cc3)c1N)C(=O)c1ccccc1C2=O. The molecule has 2 aromatic carbocycles. The summed E-state index contributed by atoms with van der Waals surface area (Å²) in [5.41, 5.74) is 13.5. The van der Waals surface area contributed by atoms with Crippen molar-refractivity contribution in [1.29, 1.82) is 0 Å². The summed E-state index contributed by atoms with van der Waals surface area (Å²) >= 11 is 0. The molecule has 28 heavy (non-hydrogen) atoms. The summed E-state index contributed by atoms with van der Waals surface area (Å²) in [5, 5.41) is 0. The van der Waals surface area contributed by atoms with E-state index in [2.05, 4.69) is 0 Å². The number of hydrogen-bond donors (Lipinski definition) is 2. The summed E-state index contributed by atoms with van der Waals surface area (Å²) < 4.78 is 6.51. The summed E-state index contributed by atoms with van der Waals surface area (Å²) in [7, 11) is 0. The van der Waals surface area contributed by atoms with Crippen LogP contribution in [0.1, 0.15) is 49.3 Å². The van der Waals surface area contributed by atoms with Crippen LogP contribution >= 0.6 is 0 Å². The molecule has 3 aromatic rings. The van der Waals surface area contributed by atoms with E-state index >= 15 is 0 Å². The summed E-state index contributed by atoms with van der Waals surface area (Å²) in [6.45, 7) is 1.76. The van der Waals surface area contributed by atoms with E-state index < -0.39 is 11.8 Å². The van der Waals surface area contributed by atoms with Crippen LogP contribution in [-0.2, 0) is 4.74 Å². The minimum absolute atomic E-state index is 0.0253. The van der Waals surface area contributed by atoms with Gasteiger partial charge in [0.05, 0.1) is 12.2 Å². The molecule has 0 saturated carbocycles. The number of anilines is 2. The molecule has 1 aliphatic rings. The van der Waals surface area contributed by atoms with Crippen LogP contribution in [0.15, 0.2) is 48.5 Å². The molecule has 4 N–H and O–H groups in total. The number of carbonyl (C=O) groups is 3. The molecular formula is C21H17N3O4. The standard InChI is InChI=1S/C21H17N3O4/c1-2-28-21(27)16-15-17(19(26)14-6-4-3-5-13(14)18(15)25)24(20(16)23)12-9-7-11(22)8-10-12/h3-10H,2,22-23H2,1H3. The average molecular weight is 375 g/mol. The lowest BCUT2D eigenvalue weighted by molar-refractivity contribution is 0.0525. The highest BCUT2D eigenvalue weighted by atomic mass is 16.5. The molecule has 1 aromatic heterocycles. The molecule has 7 heteroatoms. The number of benzene rings is 2. The third-order valence-electron chi connectivity index (χ3n) is 4.70. The molecule has 1 aliphatic carbocycles. The second-order valence-corrected chi connectivity index (χ2v) is 6.34. The molecule has 0 saturated heterocycles. The van der Waals surface area contributed by atoms with Crippen LogP contribution in [-0.4, -0.2) is 28.7 Å². The monoisotopic (exact) mass is 375 g/mol. The fraction of sp³-hybridized carbons (Fsp3) is 0.0952. The third kappa shape index (κ3) is 2.40. The van der Waals surface area contributed by atoms with Crippen molar-refractivity contribution in [1.82, 2.24) is 4.57 Å². The third-order valence-corrected chi connectivity index (χ3v) is 4.70. The number of fused-ring (bicyclic) bond motifs is 2. The van der Waals surface area contributed by atoms with Gasteiger partial charge in [0, 0.05) is 22.5 Å². The number of hydrogen-bond acceptors (Lipinski definition) is 6. The predicted octanol–water partition coefficient (Wildman–Crippen LogP) is 2.59. The number of aromatic nitrogens is 1. The van der Waals surface area contributed by atoms with Crippen molar-refractivity contribution in [2.45, 2.75) is 6.92 Å². The van der Waals surface area contributed by atoms with Gasteiger partial charge in [0.2, 0.25) is 5.78 Å². The maximum atomic E-state index is 13.3. The van der Waals surface area contributed by atoms with Gasteiger partial charge in [-0.25, -0.2) is 4.79 Å². The van der Waals surface area contributed by atoms with Crippen molar-refractivity contribution in [3.8, 4) is 5.69 Å². The van der Waals surface area contributed by atoms with E-state index in [1.165, 1.54) is 4.57 Å². The smallest absolute Gasteiger partial charge is 0.342 e. The van der Waals surface area contributed by atoms with E-state index in [0.717, 1.165) is 0 Å². The van der Waals surface area contributed by atoms with Gasteiger partial charge in [-0.2, -0.15) is 0 Å². The highest BCUT2D eigenvalue weighted by molar-refractivity contribution is 6.31. The molecular weight excluding hydrogens is 358 g/mol.